The van der Waals surface area contributed by atoms with Gasteiger partial charge in [-0.25, -0.2) is 0 Å². The molecule has 2 saturated heterocycles. The summed E-state index contributed by atoms with van der Waals surface area (Å²) < 4.78 is 40.9. The van der Waals surface area contributed by atoms with Gasteiger partial charge in [0.25, 0.3) is 0 Å². The summed E-state index contributed by atoms with van der Waals surface area (Å²) >= 11 is 0. The van der Waals surface area contributed by atoms with Crippen molar-refractivity contribution >= 4 is 5.69 Å². The summed E-state index contributed by atoms with van der Waals surface area (Å²) in [6.45, 7) is 21.7. The number of aryl methyl sites for hydroxylation is 2. The molecule has 0 atom stereocenters. The van der Waals surface area contributed by atoms with Crippen LogP contribution in [-0.4, -0.2) is 129 Å². The number of anilines is 1. The van der Waals surface area contributed by atoms with Crippen molar-refractivity contribution in [2.45, 2.75) is 59.5 Å². The summed E-state index contributed by atoms with van der Waals surface area (Å²) in [6, 6.07) is 29.7. The molecule has 2 aliphatic rings. The summed E-state index contributed by atoms with van der Waals surface area (Å²) in [7, 11) is 1.70. The Balaban J connectivity index is 0.838. The number of likely N-dealkylation sites (tertiary alicyclic amines) is 1. The normalized spacial score (nSPS) is 15.3. The van der Waals surface area contributed by atoms with Gasteiger partial charge in [-0.3, -0.25) is 4.90 Å². The molecule has 2 aliphatic heterocycles. The Bertz CT molecular complexity index is 1860. The third-order valence-electron chi connectivity index (χ3n) is 12.1. The first-order valence-electron chi connectivity index (χ1n) is 23.1. The van der Waals surface area contributed by atoms with Crippen LogP contribution in [0.15, 0.2) is 84.9 Å². The highest BCUT2D eigenvalue weighted by Gasteiger charge is 2.19. The molecule has 0 N–H and O–H groups in total. The number of para-hydroxylation sites is 1. The van der Waals surface area contributed by atoms with Gasteiger partial charge in [0.2, 0.25) is 0 Å². The molecule has 4 aromatic rings. The lowest BCUT2D eigenvalue weighted by atomic mass is 9.95. The van der Waals surface area contributed by atoms with E-state index in [1.807, 2.05) is 36.4 Å². The molecule has 0 radical (unpaired) electrons. The topological polar surface area (TPSA) is 74.3 Å². The van der Waals surface area contributed by atoms with Crippen molar-refractivity contribution in [3.05, 3.63) is 107 Å². The second-order valence-corrected chi connectivity index (χ2v) is 16.9. The Hall–Kier alpha value is -4.16. The van der Waals surface area contributed by atoms with Crippen LogP contribution in [0.2, 0.25) is 0 Å². The van der Waals surface area contributed by atoms with Gasteiger partial charge in [-0.05, 0) is 135 Å². The van der Waals surface area contributed by atoms with Crippen molar-refractivity contribution in [3.8, 4) is 28.4 Å². The number of piperidine rings is 1. The van der Waals surface area contributed by atoms with E-state index in [2.05, 4.69) is 84.0 Å². The van der Waals surface area contributed by atoms with E-state index in [0.717, 1.165) is 100 Å². The first kappa shape index (κ1) is 47.3. The van der Waals surface area contributed by atoms with Crippen LogP contribution >= 0.6 is 0 Å². The van der Waals surface area contributed by atoms with Crippen LogP contribution in [-0.2, 0) is 32.0 Å². The molecule has 0 unspecified atom stereocenters. The zero-order valence-corrected chi connectivity index (χ0v) is 38.1. The number of methoxy groups -OCH3 is 1. The first-order chi connectivity index (χ1) is 30.4. The van der Waals surface area contributed by atoms with Crippen molar-refractivity contribution < 1.29 is 33.2 Å². The van der Waals surface area contributed by atoms with Gasteiger partial charge in [-0.1, -0.05) is 49.4 Å². The molecule has 338 valence electrons. The molecule has 0 aliphatic carbocycles. The molecule has 0 amide bonds. The van der Waals surface area contributed by atoms with E-state index in [9.17, 15) is 0 Å². The van der Waals surface area contributed by atoms with Gasteiger partial charge in [-0.2, -0.15) is 0 Å². The minimum Gasteiger partial charge on any atom is -0.491 e. The molecule has 6 rings (SSSR count). The fourth-order valence-electron chi connectivity index (χ4n) is 8.08. The number of benzene rings is 4. The average molecular weight is 852 g/mol. The fraction of sp³-hybridized carbons (Fsp3) is 0.538. The summed E-state index contributed by atoms with van der Waals surface area (Å²) in [5.74, 6) is 3.42. The molecule has 0 spiro atoms. The molecule has 4 aromatic carbocycles. The van der Waals surface area contributed by atoms with Crippen LogP contribution in [0.1, 0.15) is 54.9 Å². The zero-order valence-electron chi connectivity index (χ0n) is 38.1. The van der Waals surface area contributed by atoms with Crippen LogP contribution in [0.5, 0.6) is 17.2 Å². The molecule has 0 bridgehead atoms. The second-order valence-electron chi connectivity index (χ2n) is 16.9. The van der Waals surface area contributed by atoms with E-state index < -0.39 is 0 Å². The lowest BCUT2D eigenvalue weighted by Crippen LogP contribution is -2.46. The Morgan fingerprint density at radius 1 is 0.548 bits per heavy atom. The standard InChI is InChI=1S/C52H73N3O7/c1-42-19-23-54(24-20-42)29-34-59-35-37-60-49-16-12-44(3)51(40-49)50-39-47(15-11-43(50)2)55-27-25-53(26-28-55)22-7-31-57-33-21-45-13-17-48(18-14-45)62-41-46-9-5-6-10-52(46)61-38-36-58-32-8-30-56-4/h5-6,9-18,39-40,42H,7-8,19-38,41H2,1-4H3. The predicted molar refractivity (Wildman–Crippen MR) is 250 cm³/mol. The van der Waals surface area contributed by atoms with Crippen LogP contribution in [0, 0.1) is 19.8 Å². The van der Waals surface area contributed by atoms with Crippen LogP contribution in [0.25, 0.3) is 11.1 Å². The van der Waals surface area contributed by atoms with Gasteiger partial charge in [0.1, 0.15) is 37.1 Å². The monoisotopic (exact) mass is 852 g/mol. The highest BCUT2D eigenvalue weighted by atomic mass is 16.5. The molecule has 2 fully saturated rings. The lowest BCUT2D eigenvalue weighted by molar-refractivity contribution is 0.0709. The summed E-state index contributed by atoms with van der Waals surface area (Å²) in [5.41, 5.74) is 8.59. The zero-order chi connectivity index (χ0) is 43.2. The van der Waals surface area contributed by atoms with E-state index in [-0.39, 0.29) is 0 Å². The maximum atomic E-state index is 6.17. The largest absolute Gasteiger partial charge is 0.491 e. The van der Waals surface area contributed by atoms with E-state index in [1.165, 1.54) is 59.4 Å². The molecular formula is C52H73N3O7. The van der Waals surface area contributed by atoms with Crippen molar-refractivity contribution in [2.24, 2.45) is 5.92 Å². The molecule has 10 nitrogen and oxygen atoms in total. The van der Waals surface area contributed by atoms with Crippen molar-refractivity contribution in [3.63, 3.8) is 0 Å². The van der Waals surface area contributed by atoms with Crippen molar-refractivity contribution in [1.82, 2.24) is 9.80 Å². The number of ether oxygens (including phenoxy) is 7. The van der Waals surface area contributed by atoms with E-state index in [0.29, 0.717) is 52.9 Å². The van der Waals surface area contributed by atoms with Crippen LogP contribution in [0.4, 0.5) is 5.69 Å². The number of hydrogen-bond donors (Lipinski definition) is 0. The van der Waals surface area contributed by atoms with Gasteiger partial charge < -0.3 is 43.0 Å². The molecule has 10 heteroatoms. The Morgan fingerprint density at radius 3 is 2.00 bits per heavy atom. The summed E-state index contributed by atoms with van der Waals surface area (Å²) in [6.07, 6.45) is 5.40. The highest BCUT2D eigenvalue weighted by Crippen LogP contribution is 2.33. The third kappa shape index (κ3) is 15.9. The minimum atomic E-state index is 0.441. The quantitative estimate of drug-likeness (QED) is 0.0544. The van der Waals surface area contributed by atoms with Crippen molar-refractivity contribution in [1.29, 1.82) is 0 Å². The van der Waals surface area contributed by atoms with Crippen LogP contribution < -0.4 is 19.1 Å². The predicted octanol–water partition coefficient (Wildman–Crippen LogP) is 8.88. The van der Waals surface area contributed by atoms with Crippen LogP contribution in [0.3, 0.4) is 0 Å². The minimum absolute atomic E-state index is 0.441. The summed E-state index contributed by atoms with van der Waals surface area (Å²) in [4.78, 5) is 7.62. The number of rotatable bonds is 27. The first-order valence-corrected chi connectivity index (χ1v) is 23.1. The SMILES string of the molecule is COCCCOCCOc1ccccc1COc1ccc(CCOCCCN2CCN(c3ccc(C)c(-c4cc(OCCOCCN5CCC(C)CC5)ccc4C)c3)CC2)cc1. The lowest BCUT2D eigenvalue weighted by Gasteiger charge is -2.36. The van der Waals surface area contributed by atoms with Crippen molar-refractivity contribution in [2.75, 3.05) is 124 Å². The highest BCUT2D eigenvalue weighted by molar-refractivity contribution is 5.75. The van der Waals surface area contributed by atoms with Gasteiger partial charge >= 0.3 is 0 Å². The van der Waals surface area contributed by atoms with Gasteiger partial charge in [-0.15, -0.1) is 0 Å². The number of piperazine rings is 1. The maximum absolute atomic E-state index is 6.17. The van der Waals surface area contributed by atoms with E-state index in [4.69, 9.17) is 33.2 Å². The molecule has 2 heterocycles. The van der Waals surface area contributed by atoms with E-state index >= 15 is 0 Å². The molecule has 0 aromatic heterocycles. The maximum Gasteiger partial charge on any atom is 0.126 e. The van der Waals surface area contributed by atoms with Gasteiger partial charge in [0, 0.05) is 77.4 Å². The van der Waals surface area contributed by atoms with Gasteiger partial charge in [0.15, 0.2) is 0 Å². The fourth-order valence-corrected chi connectivity index (χ4v) is 8.08. The van der Waals surface area contributed by atoms with E-state index in [1.54, 1.807) is 7.11 Å². The van der Waals surface area contributed by atoms with Gasteiger partial charge in [0.05, 0.1) is 26.4 Å². The second kappa shape index (κ2) is 26.5. The Labute approximate surface area is 372 Å². The number of hydrogen-bond acceptors (Lipinski definition) is 10. The molecular weight excluding hydrogens is 779 g/mol. The average Bonchev–Trinajstić information content (AvgIpc) is 3.30. The smallest absolute Gasteiger partial charge is 0.126 e. The molecule has 0 saturated carbocycles. The number of nitrogens with zero attached hydrogens (tertiary/aromatic N) is 3. The third-order valence-corrected chi connectivity index (χ3v) is 12.1. The Morgan fingerprint density at radius 2 is 1.21 bits per heavy atom. The summed E-state index contributed by atoms with van der Waals surface area (Å²) in [5, 5.41) is 0. The molecule has 62 heavy (non-hydrogen) atoms. The Kier molecular flexibility index (Phi) is 20.2.